The van der Waals surface area contributed by atoms with Crippen LogP contribution in [0.2, 0.25) is 0 Å². The van der Waals surface area contributed by atoms with E-state index >= 15 is 0 Å². The molecule has 3 heteroatoms. The van der Waals surface area contributed by atoms with Gasteiger partial charge in [0.25, 0.3) is 0 Å². The molecule has 3 nitrogen and oxygen atoms in total. The van der Waals surface area contributed by atoms with Crippen LogP contribution < -0.4 is 5.32 Å². The van der Waals surface area contributed by atoms with Gasteiger partial charge < -0.3 is 5.32 Å². The Hall–Kier alpha value is -0.860. The Morgan fingerprint density at radius 2 is 2.42 bits per heavy atom. The molecule has 1 N–H and O–H groups in total. The molecule has 1 rings (SSSR count). The number of amides is 1. The Bertz CT molecular complexity index is 223. The second kappa shape index (κ2) is 3.25. The van der Waals surface area contributed by atoms with Gasteiger partial charge in [-0.15, -0.1) is 0 Å². The fourth-order valence-electron chi connectivity index (χ4n) is 1.38. The zero-order chi connectivity index (χ0) is 9.19. The minimum Gasteiger partial charge on any atom is -0.355 e. The minimum atomic E-state index is 0.0379. The third kappa shape index (κ3) is 1.84. The van der Waals surface area contributed by atoms with Crippen LogP contribution in [-0.2, 0) is 4.79 Å². The lowest BCUT2D eigenvalue weighted by Gasteiger charge is -2.24. The summed E-state index contributed by atoms with van der Waals surface area (Å²) >= 11 is 0. The van der Waals surface area contributed by atoms with Crippen LogP contribution in [0.4, 0.5) is 0 Å². The lowest BCUT2D eigenvalue weighted by atomic mass is 9.84. The van der Waals surface area contributed by atoms with Gasteiger partial charge >= 0.3 is 0 Å². The number of hydrogen-bond donors (Lipinski definition) is 1. The molecule has 0 aromatic carbocycles. The number of hydrogen-bond acceptors (Lipinski definition) is 2. The maximum Gasteiger partial charge on any atom is 0.216 e. The number of nitrogens with zero attached hydrogens (tertiary/aromatic N) is 1. The van der Waals surface area contributed by atoms with Crippen LogP contribution in [0.5, 0.6) is 0 Å². The fourth-order valence-corrected chi connectivity index (χ4v) is 1.38. The van der Waals surface area contributed by atoms with Crippen molar-refractivity contribution in [1.29, 1.82) is 0 Å². The molecule has 0 aromatic rings. The Kier molecular flexibility index (Phi) is 2.50. The predicted molar refractivity (Wildman–Crippen MR) is 49.4 cm³/mol. The van der Waals surface area contributed by atoms with Gasteiger partial charge in [-0.05, 0) is 13.3 Å². The van der Waals surface area contributed by atoms with Crippen LogP contribution in [0.25, 0.3) is 0 Å². The van der Waals surface area contributed by atoms with Crippen molar-refractivity contribution >= 4 is 11.6 Å². The zero-order valence-electron chi connectivity index (χ0n) is 7.98. The second-order valence-corrected chi connectivity index (χ2v) is 3.69. The maximum atomic E-state index is 10.7. The van der Waals surface area contributed by atoms with Gasteiger partial charge in [0.15, 0.2) is 0 Å². The van der Waals surface area contributed by atoms with Gasteiger partial charge in [0.05, 0.1) is 0 Å². The summed E-state index contributed by atoms with van der Waals surface area (Å²) in [6.07, 6.45) is 1.05. The molecule has 0 saturated heterocycles. The molecule has 1 amide bonds. The van der Waals surface area contributed by atoms with E-state index in [1.54, 1.807) is 6.92 Å². The highest BCUT2D eigenvalue weighted by atomic mass is 16.1. The van der Waals surface area contributed by atoms with E-state index in [4.69, 9.17) is 0 Å². The second-order valence-electron chi connectivity index (χ2n) is 3.69. The lowest BCUT2D eigenvalue weighted by molar-refractivity contribution is -0.119. The summed E-state index contributed by atoms with van der Waals surface area (Å²) in [5.74, 6) is 0.0379. The van der Waals surface area contributed by atoms with Crippen LogP contribution in [0.15, 0.2) is 4.99 Å². The molecule has 1 atom stereocenters. The van der Waals surface area contributed by atoms with E-state index in [9.17, 15) is 4.79 Å². The van der Waals surface area contributed by atoms with Crippen LogP contribution in [0.1, 0.15) is 27.2 Å². The van der Waals surface area contributed by atoms with Crippen LogP contribution >= 0.6 is 0 Å². The summed E-state index contributed by atoms with van der Waals surface area (Å²) in [7, 11) is 0. The van der Waals surface area contributed by atoms with Crippen molar-refractivity contribution < 1.29 is 4.79 Å². The summed E-state index contributed by atoms with van der Waals surface area (Å²) in [4.78, 5) is 15.0. The van der Waals surface area contributed by atoms with Crippen molar-refractivity contribution in [2.45, 2.75) is 27.2 Å². The van der Waals surface area contributed by atoms with Crippen molar-refractivity contribution in [3.63, 3.8) is 0 Å². The molecule has 0 bridgehead atoms. The quantitative estimate of drug-likeness (QED) is 0.656. The molecule has 0 radical (unpaired) electrons. The number of carbonyl (C=O) groups excluding carboxylic acids is 1. The van der Waals surface area contributed by atoms with Crippen molar-refractivity contribution in [3.8, 4) is 0 Å². The Morgan fingerprint density at radius 1 is 1.75 bits per heavy atom. The van der Waals surface area contributed by atoms with Crippen molar-refractivity contribution in [2.24, 2.45) is 10.4 Å². The molecular formula is C9H16N2O. The lowest BCUT2D eigenvalue weighted by Crippen LogP contribution is -2.37. The smallest absolute Gasteiger partial charge is 0.216 e. The Morgan fingerprint density at radius 3 is 2.83 bits per heavy atom. The first-order valence-electron chi connectivity index (χ1n) is 4.30. The number of aliphatic imine (C=N–C) groups is 1. The highest BCUT2D eigenvalue weighted by molar-refractivity contribution is 5.89. The molecule has 1 aliphatic rings. The number of carbonyl (C=O) groups is 1. The Labute approximate surface area is 73.3 Å². The van der Waals surface area contributed by atoms with Gasteiger partial charge in [-0.1, -0.05) is 6.92 Å². The molecular weight excluding hydrogens is 152 g/mol. The molecule has 0 saturated carbocycles. The minimum absolute atomic E-state index is 0.0379. The number of rotatable bonds is 2. The first-order valence-corrected chi connectivity index (χ1v) is 4.30. The molecule has 1 aliphatic heterocycles. The highest BCUT2D eigenvalue weighted by Crippen LogP contribution is 2.27. The van der Waals surface area contributed by atoms with Gasteiger partial charge in [0.1, 0.15) is 0 Å². The van der Waals surface area contributed by atoms with Gasteiger partial charge in [0.2, 0.25) is 5.91 Å². The topological polar surface area (TPSA) is 41.5 Å². The summed E-state index contributed by atoms with van der Waals surface area (Å²) in [5.41, 5.74) is 1.27. The summed E-state index contributed by atoms with van der Waals surface area (Å²) in [5, 5.41) is 2.84. The van der Waals surface area contributed by atoms with E-state index < -0.39 is 0 Å². The third-order valence-corrected chi connectivity index (χ3v) is 2.61. The zero-order valence-corrected chi connectivity index (χ0v) is 7.98. The molecule has 0 aromatic heterocycles. The first-order chi connectivity index (χ1) is 5.54. The predicted octanol–water partition coefficient (Wildman–Crippen LogP) is 0.993. The van der Waals surface area contributed by atoms with E-state index in [0.29, 0.717) is 0 Å². The van der Waals surface area contributed by atoms with Gasteiger partial charge in [-0.2, -0.15) is 0 Å². The Balaban J connectivity index is 2.50. The monoisotopic (exact) mass is 168 g/mol. The molecule has 68 valence electrons. The average molecular weight is 168 g/mol. The molecule has 1 unspecified atom stereocenters. The molecule has 0 aliphatic carbocycles. The normalized spacial score (nSPS) is 28.4. The van der Waals surface area contributed by atoms with E-state index in [-0.39, 0.29) is 11.3 Å². The first kappa shape index (κ1) is 9.23. The fraction of sp³-hybridized carbons (Fsp3) is 0.778. The molecule has 0 spiro atoms. The summed E-state index contributed by atoms with van der Waals surface area (Å²) < 4.78 is 0. The maximum absolute atomic E-state index is 10.7. The highest BCUT2D eigenvalue weighted by Gasteiger charge is 2.31. The van der Waals surface area contributed by atoms with Crippen LogP contribution in [-0.4, -0.2) is 24.7 Å². The van der Waals surface area contributed by atoms with E-state index in [0.717, 1.165) is 25.2 Å². The molecule has 12 heavy (non-hydrogen) atoms. The summed E-state index contributed by atoms with van der Waals surface area (Å²) in [6, 6.07) is 0. The van der Waals surface area contributed by atoms with Crippen LogP contribution in [0, 0.1) is 5.41 Å². The largest absolute Gasteiger partial charge is 0.355 e. The van der Waals surface area contributed by atoms with Gasteiger partial charge in [0, 0.05) is 31.1 Å². The van der Waals surface area contributed by atoms with Crippen molar-refractivity contribution in [1.82, 2.24) is 5.32 Å². The summed E-state index contributed by atoms with van der Waals surface area (Å²) in [6.45, 7) is 7.36. The van der Waals surface area contributed by atoms with E-state index in [2.05, 4.69) is 17.2 Å². The van der Waals surface area contributed by atoms with Crippen LogP contribution in [0.3, 0.4) is 0 Å². The van der Waals surface area contributed by atoms with Gasteiger partial charge in [-0.25, -0.2) is 0 Å². The molecule has 0 fully saturated rings. The van der Waals surface area contributed by atoms with Gasteiger partial charge in [-0.3, -0.25) is 9.79 Å². The molecule has 1 heterocycles. The SMILES string of the molecule is CC(=O)NCC1(C)CCN=C1C. The number of nitrogens with one attached hydrogen (secondary N) is 1. The van der Waals surface area contributed by atoms with Crippen molar-refractivity contribution in [3.05, 3.63) is 0 Å². The third-order valence-electron chi connectivity index (χ3n) is 2.61. The standard InChI is InChI=1S/C9H16N2O/c1-7-9(3,4-5-10-7)6-11-8(2)12/h4-6H2,1-3H3,(H,11,12). The van der Waals surface area contributed by atoms with E-state index in [1.807, 2.05) is 6.92 Å². The average Bonchev–Trinajstić information content (AvgIpc) is 2.30. The van der Waals surface area contributed by atoms with Crippen molar-refractivity contribution in [2.75, 3.05) is 13.1 Å². The van der Waals surface area contributed by atoms with E-state index in [1.165, 1.54) is 0 Å².